The number of nitrogens with one attached hydrogen (secondary N) is 1. The topological polar surface area (TPSA) is 66.9 Å². The Labute approximate surface area is 196 Å². The summed E-state index contributed by atoms with van der Waals surface area (Å²) in [6.45, 7) is 0.835. The van der Waals surface area contributed by atoms with Gasteiger partial charge in [0.1, 0.15) is 5.82 Å². The molecule has 0 spiro atoms. The van der Waals surface area contributed by atoms with Gasteiger partial charge in [-0.15, -0.1) is 0 Å². The number of hydrogen-bond donors (Lipinski definition) is 2. The standard InChI is InChI=1S/C27H23ClF2N2O/c1-17(33)2-3-18-4-6-19(7-5-18)27(20-8-11-26(32)21(14-20)16-31)24(12-13-29)23-10-9-22(30)15-25(23)28/h2-11,14-16,31H,12-13,32H2,1H3/b3-2+,27-24+,31-16?. The van der Waals surface area contributed by atoms with E-state index in [1.54, 1.807) is 30.3 Å². The van der Waals surface area contributed by atoms with Crippen molar-refractivity contribution in [3.8, 4) is 0 Å². The molecule has 0 aliphatic heterocycles. The van der Waals surface area contributed by atoms with Crippen LogP contribution in [0.25, 0.3) is 17.2 Å². The number of benzene rings is 3. The zero-order valence-corrected chi connectivity index (χ0v) is 18.8. The lowest BCUT2D eigenvalue weighted by atomic mass is 9.87. The maximum Gasteiger partial charge on any atom is 0.152 e. The van der Waals surface area contributed by atoms with Gasteiger partial charge < -0.3 is 11.1 Å². The first kappa shape index (κ1) is 24.1. The van der Waals surface area contributed by atoms with E-state index in [1.807, 2.05) is 24.3 Å². The Kier molecular flexibility index (Phi) is 7.91. The lowest BCUT2D eigenvalue weighted by molar-refractivity contribution is -0.112. The van der Waals surface area contributed by atoms with Crippen LogP contribution in [0, 0.1) is 11.2 Å². The third kappa shape index (κ3) is 5.82. The number of carbonyl (C=O) groups excluding carboxylic acids is 1. The number of anilines is 1. The molecule has 3 aromatic carbocycles. The van der Waals surface area contributed by atoms with E-state index in [1.165, 1.54) is 25.1 Å². The summed E-state index contributed by atoms with van der Waals surface area (Å²) in [6, 6.07) is 16.7. The number of alkyl halides is 1. The lowest BCUT2D eigenvalue weighted by Gasteiger charge is -2.18. The molecular weight excluding hydrogens is 442 g/mol. The molecule has 168 valence electrons. The van der Waals surface area contributed by atoms with Crippen LogP contribution >= 0.6 is 11.6 Å². The maximum atomic E-state index is 13.7. The van der Waals surface area contributed by atoms with Gasteiger partial charge in [-0.25, -0.2) is 4.39 Å². The molecular formula is C27H23ClF2N2O. The van der Waals surface area contributed by atoms with E-state index in [2.05, 4.69) is 0 Å². The first-order valence-corrected chi connectivity index (χ1v) is 10.7. The first-order chi connectivity index (χ1) is 15.8. The molecule has 0 heterocycles. The first-order valence-electron chi connectivity index (χ1n) is 10.3. The Morgan fingerprint density at radius 1 is 1.06 bits per heavy atom. The Hall–Kier alpha value is -3.57. The minimum absolute atomic E-state index is 0.0526. The van der Waals surface area contributed by atoms with Gasteiger partial charge in [0.2, 0.25) is 0 Å². The smallest absolute Gasteiger partial charge is 0.152 e. The van der Waals surface area contributed by atoms with Crippen LogP contribution in [-0.4, -0.2) is 18.7 Å². The van der Waals surface area contributed by atoms with Gasteiger partial charge in [0, 0.05) is 23.9 Å². The van der Waals surface area contributed by atoms with E-state index in [-0.39, 0.29) is 17.2 Å². The van der Waals surface area contributed by atoms with Crippen molar-refractivity contribution in [3.63, 3.8) is 0 Å². The number of halogens is 3. The minimum Gasteiger partial charge on any atom is -0.398 e. The number of nitrogen functional groups attached to an aromatic ring is 1. The summed E-state index contributed by atoms with van der Waals surface area (Å²) < 4.78 is 27.4. The number of ketones is 1. The lowest BCUT2D eigenvalue weighted by Crippen LogP contribution is -2.00. The number of allylic oxidation sites excluding steroid dienone is 2. The summed E-state index contributed by atoms with van der Waals surface area (Å²) in [7, 11) is 0. The van der Waals surface area contributed by atoms with Crippen molar-refractivity contribution in [3.05, 3.63) is 105 Å². The van der Waals surface area contributed by atoms with E-state index < -0.39 is 12.5 Å². The fraction of sp³-hybridized carbons (Fsp3) is 0.111. The molecule has 0 radical (unpaired) electrons. The molecule has 0 amide bonds. The van der Waals surface area contributed by atoms with Gasteiger partial charge in [0.05, 0.1) is 11.7 Å². The van der Waals surface area contributed by atoms with Crippen LogP contribution in [0.3, 0.4) is 0 Å². The van der Waals surface area contributed by atoms with Crippen molar-refractivity contribution >= 4 is 46.5 Å². The van der Waals surface area contributed by atoms with Crippen LogP contribution < -0.4 is 5.73 Å². The van der Waals surface area contributed by atoms with E-state index in [0.717, 1.165) is 22.9 Å². The molecule has 0 aliphatic rings. The molecule has 0 fully saturated rings. The van der Waals surface area contributed by atoms with Crippen LogP contribution in [0.1, 0.15) is 41.2 Å². The average Bonchev–Trinajstić information content (AvgIpc) is 2.79. The quantitative estimate of drug-likeness (QED) is 0.163. The predicted molar refractivity (Wildman–Crippen MR) is 133 cm³/mol. The molecule has 33 heavy (non-hydrogen) atoms. The van der Waals surface area contributed by atoms with E-state index >= 15 is 0 Å². The molecule has 3 nitrogen and oxygen atoms in total. The van der Waals surface area contributed by atoms with Gasteiger partial charge in [0.15, 0.2) is 5.78 Å². The summed E-state index contributed by atoms with van der Waals surface area (Å²) in [5.41, 5.74) is 11.1. The second-order valence-electron chi connectivity index (χ2n) is 7.47. The average molecular weight is 465 g/mol. The van der Waals surface area contributed by atoms with Crippen LogP contribution in [0.5, 0.6) is 0 Å². The maximum absolute atomic E-state index is 13.7. The Morgan fingerprint density at radius 2 is 1.76 bits per heavy atom. The third-order valence-electron chi connectivity index (χ3n) is 5.14. The fourth-order valence-corrected chi connectivity index (χ4v) is 3.85. The molecule has 0 unspecified atom stereocenters. The van der Waals surface area contributed by atoms with Gasteiger partial charge in [-0.1, -0.05) is 54.1 Å². The molecule has 0 saturated heterocycles. The molecule has 0 aliphatic carbocycles. The van der Waals surface area contributed by atoms with Crippen molar-refractivity contribution in [2.45, 2.75) is 13.3 Å². The highest BCUT2D eigenvalue weighted by Crippen LogP contribution is 2.38. The highest BCUT2D eigenvalue weighted by molar-refractivity contribution is 6.32. The van der Waals surface area contributed by atoms with E-state index in [4.69, 9.17) is 22.7 Å². The molecule has 0 aromatic heterocycles. The van der Waals surface area contributed by atoms with Gasteiger partial charge in [0.25, 0.3) is 0 Å². The molecule has 0 saturated carbocycles. The van der Waals surface area contributed by atoms with Crippen molar-refractivity contribution < 1.29 is 13.6 Å². The predicted octanol–water partition coefficient (Wildman–Crippen LogP) is 6.98. The number of carbonyl (C=O) groups is 1. The van der Waals surface area contributed by atoms with E-state index in [9.17, 15) is 13.6 Å². The van der Waals surface area contributed by atoms with Crippen molar-refractivity contribution in [1.29, 1.82) is 5.41 Å². The molecule has 6 heteroatoms. The molecule has 0 bridgehead atoms. The van der Waals surface area contributed by atoms with Gasteiger partial charge >= 0.3 is 0 Å². The molecule has 3 N–H and O–H groups in total. The summed E-state index contributed by atoms with van der Waals surface area (Å²) in [5, 5.41) is 7.85. The zero-order valence-electron chi connectivity index (χ0n) is 18.0. The summed E-state index contributed by atoms with van der Waals surface area (Å²) in [5.74, 6) is -0.540. The highest BCUT2D eigenvalue weighted by Gasteiger charge is 2.17. The van der Waals surface area contributed by atoms with Crippen molar-refractivity contribution in [2.24, 2.45) is 0 Å². The minimum atomic E-state index is -0.641. The highest BCUT2D eigenvalue weighted by atomic mass is 35.5. The van der Waals surface area contributed by atoms with Crippen LogP contribution in [-0.2, 0) is 4.79 Å². The van der Waals surface area contributed by atoms with Gasteiger partial charge in [-0.2, -0.15) is 0 Å². The number of nitrogens with two attached hydrogens (primary N) is 1. The van der Waals surface area contributed by atoms with Crippen molar-refractivity contribution in [1.82, 2.24) is 0 Å². The summed E-state index contributed by atoms with van der Waals surface area (Å²) in [4.78, 5) is 11.2. The van der Waals surface area contributed by atoms with Crippen LogP contribution in [0.4, 0.5) is 14.5 Å². The van der Waals surface area contributed by atoms with Crippen LogP contribution in [0.15, 0.2) is 66.7 Å². The zero-order chi connectivity index (χ0) is 24.0. The van der Waals surface area contributed by atoms with Gasteiger partial charge in [-0.3, -0.25) is 9.18 Å². The number of rotatable bonds is 8. The molecule has 0 atom stereocenters. The molecule has 3 rings (SSSR count). The Bertz CT molecular complexity index is 1250. The Morgan fingerprint density at radius 3 is 2.36 bits per heavy atom. The normalized spacial score (nSPS) is 12.0. The SMILES string of the molecule is CC(=O)/C=C/c1ccc(/C(=C(/CCF)c2ccc(F)cc2Cl)c2ccc(N)c(C=N)c2)cc1. The van der Waals surface area contributed by atoms with Crippen LogP contribution in [0.2, 0.25) is 5.02 Å². The third-order valence-corrected chi connectivity index (χ3v) is 5.46. The second-order valence-corrected chi connectivity index (χ2v) is 7.88. The second kappa shape index (κ2) is 10.8. The van der Waals surface area contributed by atoms with E-state index in [0.29, 0.717) is 28.0 Å². The summed E-state index contributed by atoms with van der Waals surface area (Å²) >= 11 is 6.37. The van der Waals surface area contributed by atoms with Gasteiger partial charge in [-0.05, 0) is 70.7 Å². The number of hydrogen-bond acceptors (Lipinski definition) is 3. The fourth-order valence-electron chi connectivity index (χ4n) is 3.57. The summed E-state index contributed by atoms with van der Waals surface area (Å²) in [6.07, 6.45) is 4.41. The van der Waals surface area contributed by atoms with Crippen molar-refractivity contribution in [2.75, 3.05) is 12.4 Å². The largest absolute Gasteiger partial charge is 0.398 e. The monoisotopic (exact) mass is 464 g/mol. The molecule has 3 aromatic rings. The Balaban J connectivity index is 2.30.